The second kappa shape index (κ2) is 7.76. The lowest BCUT2D eigenvalue weighted by molar-refractivity contribution is 0.415. The maximum Gasteiger partial charge on any atom is 0.333 e. The number of halogens is 1. The van der Waals surface area contributed by atoms with E-state index in [9.17, 15) is 9.59 Å². The number of nitrogens with zero attached hydrogens (tertiary/aromatic N) is 1. The Balaban J connectivity index is 1.84. The summed E-state index contributed by atoms with van der Waals surface area (Å²) in [7, 11) is 1.51. The van der Waals surface area contributed by atoms with E-state index in [-0.39, 0.29) is 11.3 Å². The zero-order valence-corrected chi connectivity index (χ0v) is 18.3. The van der Waals surface area contributed by atoms with Gasteiger partial charge in [0.05, 0.1) is 18.4 Å². The molecule has 2 aromatic carbocycles. The third-order valence-corrected chi connectivity index (χ3v) is 6.62. The van der Waals surface area contributed by atoms with Crippen LogP contribution >= 0.6 is 11.3 Å². The van der Waals surface area contributed by atoms with E-state index in [0.29, 0.717) is 16.9 Å². The molecule has 5 rings (SSSR count). The Morgan fingerprint density at radius 3 is 2.69 bits per heavy atom. The maximum absolute atomic E-state index is 16.1. The fourth-order valence-electron chi connectivity index (χ4n) is 4.17. The van der Waals surface area contributed by atoms with Gasteiger partial charge in [-0.3, -0.25) is 14.3 Å². The van der Waals surface area contributed by atoms with Crippen LogP contribution in [0.3, 0.4) is 0 Å². The Kier molecular flexibility index (Phi) is 4.90. The van der Waals surface area contributed by atoms with Crippen LogP contribution < -0.4 is 16.0 Å². The van der Waals surface area contributed by atoms with E-state index in [2.05, 4.69) is 18.0 Å². The van der Waals surface area contributed by atoms with Gasteiger partial charge < -0.3 is 4.74 Å². The molecule has 160 valence electrons. The predicted octanol–water partition coefficient (Wildman–Crippen LogP) is 5.03. The molecule has 7 heteroatoms. The number of nitrogens with one attached hydrogen (secondary N) is 1. The number of hydrogen-bond acceptors (Lipinski definition) is 4. The first-order chi connectivity index (χ1) is 15.5. The van der Waals surface area contributed by atoms with Crippen LogP contribution in [0, 0.1) is 5.82 Å². The number of methoxy groups -OCH3 is 1. The lowest BCUT2D eigenvalue weighted by Gasteiger charge is -2.19. The Morgan fingerprint density at radius 1 is 1.12 bits per heavy atom. The van der Waals surface area contributed by atoms with Crippen LogP contribution in [0.2, 0.25) is 0 Å². The second-order valence-corrected chi connectivity index (χ2v) is 8.53. The zero-order chi connectivity index (χ0) is 22.4. The largest absolute Gasteiger partial charge is 0.495 e. The van der Waals surface area contributed by atoms with Crippen molar-refractivity contribution in [3.63, 3.8) is 0 Å². The number of benzene rings is 2. The van der Waals surface area contributed by atoms with Crippen molar-refractivity contribution < 1.29 is 9.13 Å². The highest BCUT2D eigenvalue weighted by Gasteiger charge is 2.24. The molecule has 2 aromatic heterocycles. The number of fused-ring (bicyclic) bond motifs is 1. The monoisotopic (exact) mass is 446 g/mol. The van der Waals surface area contributed by atoms with E-state index in [1.54, 1.807) is 6.07 Å². The van der Waals surface area contributed by atoms with Crippen molar-refractivity contribution in [2.45, 2.75) is 13.3 Å². The molecule has 0 spiro atoms. The molecule has 4 aromatic rings. The number of aromatic nitrogens is 2. The van der Waals surface area contributed by atoms with Crippen LogP contribution in [-0.2, 0) is 6.42 Å². The Morgan fingerprint density at radius 2 is 1.97 bits per heavy atom. The standard InChI is InChI=1S/C25H19FN2O3S/c1-14-5-6-15-12-16(7-8-17(14)15)22-23(26)19(28-10-9-21(29)27-25(28)30)13-18(24(22)31-2)20-4-3-11-32-20/h3-5,7-13H,6H2,1-2H3,(H,27,29,30). The molecule has 0 amide bonds. The summed E-state index contributed by atoms with van der Waals surface area (Å²) in [6.07, 6.45) is 4.22. The van der Waals surface area contributed by atoms with E-state index in [4.69, 9.17) is 4.74 Å². The van der Waals surface area contributed by atoms with Crippen molar-refractivity contribution in [3.8, 4) is 33.0 Å². The SMILES string of the molecule is COc1c(-c2cccs2)cc(-n2ccc(=O)[nH]c2=O)c(F)c1-c1ccc2c(c1)CC=C2C. The minimum atomic E-state index is -0.710. The summed E-state index contributed by atoms with van der Waals surface area (Å²) >= 11 is 1.49. The van der Waals surface area contributed by atoms with E-state index in [0.717, 1.165) is 27.0 Å². The molecule has 0 unspecified atom stereocenters. The fourth-order valence-corrected chi connectivity index (χ4v) is 4.91. The van der Waals surface area contributed by atoms with Gasteiger partial charge in [0.15, 0.2) is 5.82 Å². The first-order valence-corrected chi connectivity index (χ1v) is 10.9. The van der Waals surface area contributed by atoms with Crippen molar-refractivity contribution in [2.75, 3.05) is 7.11 Å². The van der Waals surface area contributed by atoms with E-state index in [1.165, 1.54) is 36.3 Å². The molecular formula is C25H19FN2O3S. The minimum absolute atomic E-state index is 0.0419. The number of hydrogen-bond donors (Lipinski definition) is 1. The first-order valence-electron chi connectivity index (χ1n) is 10.0. The smallest absolute Gasteiger partial charge is 0.333 e. The third-order valence-electron chi connectivity index (χ3n) is 5.72. The van der Waals surface area contributed by atoms with Crippen molar-refractivity contribution in [3.05, 3.63) is 97.9 Å². The molecule has 0 aliphatic heterocycles. The molecule has 1 aliphatic rings. The summed E-state index contributed by atoms with van der Waals surface area (Å²) in [5.41, 5.74) is 3.87. The summed E-state index contributed by atoms with van der Waals surface area (Å²) in [5.74, 6) is -0.201. The average molecular weight is 447 g/mol. The molecular weight excluding hydrogens is 427 g/mol. The summed E-state index contributed by atoms with van der Waals surface area (Å²) in [5, 5.41) is 1.92. The molecule has 5 nitrogen and oxygen atoms in total. The van der Waals surface area contributed by atoms with Crippen LogP contribution in [0.1, 0.15) is 18.1 Å². The van der Waals surface area contributed by atoms with Crippen molar-refractivity contribution >= 4 is 16.9 Å². The number of H-pyrrole nitrogens is 1. The zero-order valence-electron chi connectivity index (χ0n) is 17.4. The molecule has 0 fully saturated rings. The Hall–Kier alpha value is -3.71. The van der Waals surface area contributed by atoms with E-state index < -0.39 is 17.1 Å². The number of thiophene rings is 1. The number of allylic oxidation sites excluding steroid dienone is 2. The van der Waals surface area contributed by atoms with E-state index in [1.807, 2.05) is 35.7 Å². The van der Waals surface area contributed by atoms with Crippen LogP contribution in [0.25, 0.3) is 32.8 Å². The molecule has 2 heterocycles. The van der Waals surface area contributed by atoms with Gasteiger partial charge in [-0.25, -0.2) is 9.18 Å². The van der Waals surface area contributed by atoms with Gasteiger partial charge in [0, 0.05) is 22.7 Å². The predicted molar refractivity (Wildman–Crippen MR) is 125 cm³/mol. The van der Waals surface area contributed by atoms with Crippen molar-refractivity contribution in [1.29, 1.82) is 0 Å². The van der Waals surface area contributed by atoms with Crippen LogP contribution in [0.5, 0.6) is 5.75 Å². The average Bonchev–Trinajstić information content (AvgIpc) is 3.44. The number of rotatable bonds is 4. The molecule has 0 radical (unpaired) electrons. The Labute approximate surface area is 187 Å². The molecule has 32 heavy (non-hydrogen) atoms. The molecule has 0 saturated heterocycles. The minimum Gasteiger partial charge on any atom is -0.495 e. The number of ether oxygens (including phenoxy) is 1. The Bertz CT molecular complexity index is 1500. The molecule has 0 atom stereocenters. The van der Waals surface area contributed by atoms with Crippen molar-refractivity contribution in [2.24, 2.45) is 0 Å². The molecule has 1 N–H and O–H groups in total. The normalized spacial score (nSPS) is 12.5. The quantitative estimate of drug-likeness (QED) is 0.478. The van der Waals surface area contributed by atoms with E-state index >= 15 is 4.39 Å². The fraction of sp³-hybridized carbons (Fsp3) is 0.120. The van der Waals surface area contributed by atoms with Gasteiger partial charge in [-0.1, -0.05) is 24.3 Å². The van der Waals surface area contributed by atoms with Gasteiger partial charge in [0.25, 0.3) is 5.56 Å². The third kappa shape index (κ3) is 3.22. The first kappa shape index (κ1) is 20.2. The van der Waals surface area contributed by atoms with Crippen molar-refractivity contribution in [1.82, 2.24) is 9.55 Å². The lowest BCUT2D eigenvalue weighted by Crippen LogP contribution is -2.28. The highest BCUT2D eigenvalue weighted by Crippen LogP contribution is 2.45. The topological polar surface area (TPSA) is 64.1 Å². The molecule has 0 bridgehead atoms. The van der Waals surface area contributed by atoms with Gasteiger partial charge in [-0.15, -0.1) is 11.3 Å². The molecule has 0 saturated carbocycles. The van der Waals surface area contributed by atoms with Crippen LogP contribution in [0.4, 0.5) is 4.39 Å². The van der Waals surface area contributed by atoms with Gasteiger partial charge in [-0.05, 0) is 59.2 Å². The summed E-state index contributed by atoms with van der Waals surface area (Å²) in [6, 6.07) is 12.4. The van der Waals surface area contributed by atoms with Gasteiger partial charge in [0.1, 0.15) is 5.75 Å². The van der Waals surface area contributed by atoms with Gasteiger partial charge >= 0.3 is 5.69 Å². The summed E-state index contributed by atoms with van der Waals surface area (Å²) in [6.45, 7) is 2.06. The maximum atomic E-state index is 16.1. The van der Waals surface area contributed by atoms with Gasteiger partial charge in [0.2, 0.25) is 0 Å². The lowest BCUT2D eigenvalue weighted by atomic mass is 9.95. The van der Waals surface area contributed by atoms with Crippen LogP contribution in [-0.4, -0.2) is 16.7 Å². The second-order valence-electron chi connectivity index (χ2n) is 7.59. The summed E-state index contributed by atoms with van der Waals surface area (Å²) in [4.78, 5) is 27.1. The highest BCUT2D eigenvalue weighted by atomic mass is 32.1. The molecule has 1 aliphatic carbocycles. The van der Waals surface area contributed by atoms with Gasteiger partial charge in [-0.2, -0.15) is 0 Å². The van der Waals surface area contributed by atoms with Crippen LogP contribution in [0.15, 0.2) is 69.7 Å². The summed E-state index contributed by atoms with van der Waals surface area (Å²) < 4.78 is 22.9. The number of aromatic amines is 1. The highest BCUT2D eigenvalue weighted by molar-refractivity contribution is 7.13.